The zero-order valence-corrected chi connectivity index (χ0v) is 9.13. The maximum atomic E-state index is 5.79. The van der Waals surface area contributed by atoms with Crippen molar-refractivity contribution in [2.45, 2.75) is 0 Å². The number of nitrogen functional groups attached to an aromatic ring is 1. The maximum absolute atomic E-state index is 5.79. The van der Waals surface area contributed by atoms with Crippen molar-refractivity contribution >= 4 is 28.9 Å². The average Bonchev–Trinajstić information content (AvgIpc) is 2.24. The largest absolute Gasteiger partial charge is 0.396 e. The van der Waals surface area contributed by atoms with Crippen LogP contribution in [-0.2, 0) is 0 Å². The van der Waals surface area contributed by atoms with Gasteiger partial charge in [0, 0.05) is 10.6 Å². The van der Waals surface area contributed by atoms with Crippen LogP contribution >= 0.6 is 23.2 Å². The predicted molar refractivity (Wildman–Crippen MR) is 61.9 cm³/mol. The summed E-state index contributed by atoms with van der Waals surface area (Å²) in [5, 5.41) is 8.28. The second-order valence-electron chi connectivity index (χ2n) is 2.97. The van der Waals surface area contributed by atoms with E-state index >= 15 is 0 Å². The van der Waals surface area contributed by atoms with Gasteiger partial charge in [-0.25, -0.2) is 0 Å². The van der Waals surface area contributed by atoms with Crippen LogP contribution in [-0.4, -0.2) is 10.2 Å². The van der Waals surface area contributed by atoms with E-state index in [-0.39, 0.29) is 5.15 Å². The van der Waals surface area contributed by atoms with Crippen LogP contribution in [0.15, 0.2) is 30.5 Å². The third kappa shape index (κ3) is 2.03. The van der Waals surface area contributed by atoms with Gasteiger partial charge in [0.25, 0.3) is 0 Å². The Morgan fingerprint density at radius 1 is 1.07 bits per heavy atom. The smallest absolute Gasteiger partial charge is 0.175 e. The quantitative estimate of drug-likeness (QED) is 0.833. The Kier molecular flexibility index (Phi) is 2.75. The van der Waals surface area contributed by atoms with E-state index in [4.69, 9.17) is 28.9 Å². The number of benzene rings is 1. The van der Waals surface area contributed by atoms with Crippen LogP contribution in [0.3, 0.4) is 0 Å². The number of hydrogen-bond acceptors (Lipinski definition) is 3. The summed E-state index contributed by atoms with van der Waals surface area (Å²) < 4.78 is 0. The molecule has 2 aromatic rings. The lowest BCUT2D eigenvalue weighted by molar-refractivity contribution is 1.04. The van der Waals surface area contributed by atoms with E-state index < -0.39 is 0 Å². The molecular weight excluding hydrogens is 233 g/mol. The summed E-state index contributed by atoms with van der Waals surface area (Å²) in [6.45, 7) is 0. The molecular formula is C10H7Cl2N3. The lowest BCUT2D eigenvalue weighted by Gasteiger charge is -2.05. The highest BCUT2D eigenvalue weighted by Gasteiger charge is 2.07. The topological polar surface area (TPSA) is 51.8 Å². The summed E-state index contributed by atoms with van der Waals surface area (Å²) >= 11 is 11.6. The number of rotatable bonds is 1. The summed E-state index contributed by atoms with van der Waals surface area (Å²) in [5.41, 5.74) is 7.88. The van der Waals surface area contributed by atoms with Crippen LogP contribution in [0.25, 0.3) is 11.1 Å². The molecule has 0 atom stereocenters. The molecule has 2 rings (SSSR count). The van der Waals surface area contributed by atoms with Crippen molar-refractivity contribution in [1.29, 1.82) is 0 Å². The number of nitrogens with two attached hydrogens (primary N) is 1. The van der Waals surface area contributed by atoms with Gasteiger partial charge < -0.3 is 5.73 Å². The van der Waals surface area contributed by atoms with Gasteiger partial charge in [-0.15, -0.1) is 5.10 Å². The second kappa shape index (κ2) is 4.04. The molecule has 0 aliphatic carbocycles. The molecule has 2 N–H and O–H groups in total. The van der Waals surface area contributed by atoms with E-state index in [1.54, 1.807) is 18.3 Å². The van der Waals surface area contributed by atoms with Crippen molar-refractivity contribution < 1.29 is 0 Å². The monoisotopic (exact) mass is 239 g/mol. The fraction of sp³-hybridized carbons (Fsp3) is 0. The third-order valence-electron chi connectivity index (χ3n) is 2.00. The van der Waals surface area contributed by atoms with Crippen molar-refractivity contribution in [1.82, 2.24) is 10.2 Å². The maximum Gasteiger partial charge on any atom is 0.175 e. The third-order valence-corrected chi connectivity index (χ3v) is 2.53. The van der Waals surface area contributed by atoms with Crippen LogP contribution in [0, 0.1) is 0 Å². The number of halogens is 2. The van der Waals surface area contributed by atoms with Gasteiger partial charge in [0.15, 0.2) is 5.15 Å². The SMILES string of the molecule is Nc1c(-c2ccc(Cl)cc2)cnnc1Cl. The first-order valence-corrected chi connectivity index (χ1v) is 4.96. The van der Waals surface area contributed by atoms with Crippen molar-refractivity contribution in [2.75, 3.05) is 5.73 Å². The Labute approximate surface area is 96.8 Å². The minimum atomic E-state index is 0.211. The van der Waals surface area contributed by atoms with Gasteiger partial charge in [0.1, 0.15) is 0 Å². The number of nitrogens with zero attached hydrogens (tertiary/aromatic N) is 2. The first-order chi connectivity index (χ1) is 7.18. The molecule has 0 aliphatic heterocycles. The highest BCUT2D eigenvalue weighted by Crippen LogP contribution is 2.29. The van der Waals surface area contributed by atoms with Crippen LogP contribution in [0.4, 0.5) is 5.69 Å². The van der Waals surface area contributed by atoms with Gasteiger partial charge in [0.2, 0.25) is 0 Å². The van der Waals surface area contributed by atoms with E-state index in [9.17, 15) is 0 Å². The fourth-order valence-corrected chi connectivity index (χ4v) is 1.50. The van der Waals surface area contributed by atoms with Crippen molar-refractivity contribution in [3.05, 3.63) is 40.6 Å². The van der Waals surface area contributed by atoms with Crippen LogP contribution in [0.5, 0.6) is 0 Å². The van der Waals surface area contributed by atoms with E-state index in [1.165, 1.54) is 0 Å². The fourth-order valence-electron chi connectivity index (χ4n) is 1.23. The molecule has 0 unspecified atom stereocenters. The standard InChI is InChI=1S/C10H7Cl2N3/c11-7-3-1-6(2-4-7)8-5-14-15-10(12)9(8)13/h1-5H,(H2,13,14). The highest BCUT2D eigenvalue weighted by molar-refractivity contribution is 6.32. The Balaban J connectivity index is 2.54. The van der Waals surface area contributed by atoms with Gasteiger partial charge in [-0.05, 0) is 17.7 Å². The van der Waals surface area contributed by atoms with Crippen molar-refractivity contribution in [2.24, 2.45) is 0 Å². The van der Waals surface area contributed by atoms with Crippen LogP contribution in [0.2, 0.25) is 10.2 Å². The summed E-state index contributed by atoms with van der Waals surface area (Å²) in [4.78, 5) is 0. The number of hydrogen-bond donors (Lipinski definition) is 1. The van der Waals surface area contributed by atoms with Crippen LogP contribution < -0.4 is 5.73 Å². The molecule has 5 heteroatoms. The Morgan fingerprint density at radius 3 is 2.40 bits per heavy atom. The van der Waals surface area contributed by atoms with Gasteiger partial charge >= 0.3 is 0 Å². The first kappa shape index (κ1) is 10.2. The average molecular weight is 240 g/mol. The second-order valence-corrected chi connectivity index (χ2v) is 3.76. The Hall–Kier alpha value is -1.32. The summed E-state index contributed by atoms with van der Waals surface area (Å²) in [7, 11) is 0. The minimum Gasteiger partial charge on any atom is -0.396 e. The zero-order valence-electron chi connectivity index (χ0n) is 7.61. The number of aromatic nitrogens is 2. The normalized spacial score (nSPS) is 10.3. The molecule has 0 saturated heterocycles. The molecule has 0 bridgehead atoms. The molecule has 0 spiro atoms. The Bertz CT molecular complexity index is 483. The summed E-state index contributed by atoms with van der Waals surface area (Å²) in [6, 6.07) is 7.27. The van der Waals surface area contributed by atoms with Crippen LogP contribution in [0.1, 0.15) is 0 Å². The molecule has 0 saturated carbocycles. The molecule has 1 aromatic heterocycles. The van der Waals surface area contributed by atoms with E-state index in [0.29, 0.717) is 10.7 Å². The van der Waals surface area contributed by atoms with Gasteiger partial charge in [-0.3, -0.25) is 0 Å². The predicted octanol–water partition coefficient (Wildman–Crippen LogP) is 3.03. The Morgan fingerprint density at radius 2 is 1.73 bits per heavy atom. The molecule has 0 fully saturated rings. The highest BCUT2D eigenvalue weighted by atomic mass is 35.5. The van der Waals surface area contributed by atoms with E-state index in [0.717, 1.165) is 11.1 Å². The zero-order chi connectivity index (χ0) is 10.8. The first-order valence-electron chi connectivity index (χ1n) is 4.21. The lowest BCUT2D eigenvalue weighted by Crippen LogP contribution is -1.95. The summed E-state index contributed by atoms with van der Waals surface area (Å²) in [5.74, 6) is 0. The molecule has 0 amide bonds. The van der Waals surface area contributed by atoms with Gasteiger partial charge in [-0.1, -0.05) is 35.3 Å². The minimum absolute atomic E-state index is 0.211. The van der Waals surface area contributed by atoms with E-state index in [1.807, 2.05) is 12.1 Å². The molecule has 3 nitrogen and oxygen atoms in total. The van der Waals surface area contributed by atoms with E-state index in [2.05, 4.69) is 10.2 Å². The molecule has 0 aliphatic rings. The van der Waals surface area contributed by atoms with Crippen molar-refractivity contribution in [3.63, 3.8) is 0 Å². The molecule has 1 heterocycles. The summed E-state index contributed by atoms with van der Waals surface area (Å²) in [6.07, 6.45) is 1.57. The molecule has 76 valence electrons. The van der Waals surface area contributed by atoms with Gasteiger partial charge in [0.05, 0.1) is 11.9 Å². The molecule has 1 aromatic carbocycles. The van der Waals surface area contributed by atoms with Crippen molar-refractivity contribution in [3.8, 4) is 11.1 Å². The number of anilines is 1. The van der Waals surface area contributed by atoms with Gasteiger partial charge in [-0.2, -0.15) is 5.10 Å². The molecule has 0 radical (unpaired) electrons. The lowest BCUT2D eigenvalue weighted by atomic mass is 10.1. The molecule has 15 heavy (non-hydrogen) atoms.